The lowest BCUT2D eigenvalue weighted by atomic mass is 10.2. The molecule has 0 saturated carbocycles. The molecule has 4 aliphatic rings. The molecule has 0 aromatic carbocycles. The monoisotopic (exact) mass is 514 g/mol. The van der Waals surface area contributed by atoms with Gasteiger partial charge in [0.25, 0.3) is 0 Å². The first-order valence-corrected chi connectivity index (χ1v) is 13.1. The van der Waals surface area contributed by atoms with Crippen molar-refractivity contribution in [3.05, 3.63) is 105 Å². The van der Waals surface area contributed by atoms with Gasteiger partial charge in [0.15, 0.2) is 0 Å². The Morgan fingerprint density at radius 1 is 0.615 bits per heavy atom. The van der Waals surface area contributed by atoms with E-state index in [4.69, 9.17) is 4.98 Å². The maximum atomic E-state index is 4.73. The SMILES string of the molecule is C=c1cc2cc(cc3nc(cc(CC)[nH]c(C)cc4cc(cc5nc(cc(=C)[nH]1)C=C5)N=C4)C=C3)N=C2.CC. The van der Waals surface area contributed by atoms with E-state index in [2.05, 4.69) is 57.2 Å². The molecule has 2 N–H and O–H groups in total. The van der Waals surface area contributed by atoms with E-state index < -0.39 is 0 Å². The summed E-state index contributed by atoms with van der Waals surface area (Å²) in [7, 11) is 0. The number of fused-ring (bicyclic) bond motifs is 8. The van der Waals surface area contributed by atoms with Gasteiger partial charge in [-0.15, -0.1) is 0 Å². The summed E-state index contributed by atoms with van der Waals surface area (Å²) in [5.41, 5.74) is 9.19. The number of hydrogen-bond donors (Lipinski definition) is 2. The third-order valence-electron chi connectivity index (χ3n) is 5.74. The molecule has 0 saturated heterocycles. The Labute approximate surface area is 229 Å². The zero-order valence-corrected chi connectivity index (χ0v) is 23.0. The highest BCUT2D eigenvalue weighted by molar-refractivity contribution is 5.88. The van der Waals surface area contributed by atoms with Crippen LogP contribution in [0.15, 0.2) is 58.5 Å². The molecule has 0 fully saturated rings. The van der Waals surface area contributed by atoms with Crippen LogP contribution in [0.5, 0.6) is 0 Å². The van der Waals surface area contributed by atoms with Crippen molar-refractivity contribution >= 4 is 61.3 Å². The highest BCUT2D eigenvalue weighted by Gasteiger charge is 2.03. The van der Waals surface area contributed by atoms with Gasteiger partial charge in [-0.2, -0.15) is 0 Å². The standard InChI is InChI=1S/C31H28N6.C2H6/c1-5-25-15-27-8-9-29(37-27)17-30-13-23(18-32-30)10-20(2)34-22(4)12-26-6-7-28(36-26)16-31-14-24(19-33-31)11-21(3)35-25;1-2/h6-19,34-35H,2,4-5H2,1,3H3;1-2H3. The average Bonchev–Trinajstić information content (AvgIpc) is 3.71. The van der Waals surface area contributed by atoms with Crippen LogP contribution in [0.4, 0.5) is 11.4 Å². The molecule has 0 aliphatic carbocycles. The van der Waals surface area contributed by atoms with Gasteiger partial charge < -0.3 is 9.97 Å². The van der Waals surface area contributed by atoms with E-state index in [0.717, 1.165) is 63.1 Å². The van der Waals surface area contributed by atoms with Gasteiger partial charge in [0, 0.05) is 34.5 Å². The Balaban J connectivity index is 0.00000172. The minimum absolute atomic E-state index is 0.696. The van der Waals surface area contributed by atoms with Crippen molar-refractivity contribution in [3.8, 4) is 0 Å². The molecule has 39 heavy (non-hydrogen) atoms. The first kappa shape index (κ1) is 27.2. The van der Waals surface area contributed by atoms with E-state index >= 15 is 0 Å². The van der Waals surface area contributed by atoms with Gasteiger partial charge in [-0.05, 0) is 97.3 Å². The van der Waals surface area contributed by atoms with Crippen molar-refractivity contribution in [2.45, 2.75) is 34.1 Å². The van der Waals surface area contributed by atoms with Crippen molar-refractivity contribution in [2.24, 2.45) is 9.98 Å². The molecule has 8 bridgehead atoms. The number of H-pyrrole nitrogens is 2. The molecule has 5 rings (SSSR count). The van der Waals surface area contributed by atoms with Gasteiger partial charge in [0.2, 0.25) is 0 Å². The molecule has 1 aromatic heterocycles. The van der Waals surface area contributed by atoms with E-state index in [9.17, 15) is 0 Å². The number of hydrogen-bond acceptors (Lipinski definition) is 4. The second-order valence-corrected chi connectivity index (χ2v) is 8.97. The highest BCUT2D eigenvalue weighted by Crippen LogP contribution is 2.21. The third kappa shape index (κ3) is 7.58. The largest absolute Gasteiger partial charge is 0.362 e. The van der Waals surface area contributed by atoms with E-state index in [0.29, 0.717) is 10.7 Å². The number of aromatic nitrogens is 4. The van der Waals surface area contributed by atoms with Gasteiger partial charge in [-0.3, -0.25) is 9.98 Å². The molecule has 6 heteroatoms. The van der Waals surface area contributed by atoms with Crippen molar-refractivity contribution in [2.75, 3.05) is 0 Å². The zero-order valence-electron chi connectivity index (χ0n) is 23.0. The van der Waals surface area contributed by atoms with Gasteiger partial charge in [-0.1, -0.05) is 33.9 Å². The summed E-state index contributed by atoms with van der Waals surface area (Å²) in [6.45, 7) is 16.4. The number of aromatic amines is 2. The molecular weight excluding hydrogens is 480 g/mol. The smallest absolute Gasteiger partial charge is 0.0659 e. The van der Waals surface area contributed by atoms with Crippen LogP contribution < -0.4 is 10.7 Å². The van der Waals surface area contributed by atoms with E-state index in [1.54, 1.807) is 0 Å². The lowest BCUT2D eigenvalue weighted by Gasteiger charge is -1.96. The summed E-state index contributed by atoms with van der Waals surface area (Å²) in [5.74, 6) is 0. The predicted octanol–water partition coefficient (Wildman–Crippen LogP) is 6.57. The number of rotatable bonds is 1. The van der Waals surface area contributed by atoms with E-state index in [-0.39, 0.29) is 0 Å². The summed E-state index contributed by atoms with van der Waals surface area (Å²) < 4.78 is 0. The van der Waals surface area contributed by atoms with Crippen molar-refractivity contribution in [1.29, 1.82) is 0 Å². The van der Waals surface area contributed by atoms with E-state index in [1.165, 1.54) is 0 Å². The quantitative estimate of drug-likeness (QED) is 0.265. The van der Waals surface area contributed by atoms with Crippen LogP contribution in [0.1, 0.15) is 66.1 Å². The first-order valence-electron chi connectivity index (χ1n) is 13.1. The number of nitrogens with zero attached hydrogens (tertiary/aromatic N) is 4. The Morgan fingerprint density at radius 2 is 1.10 bits per heavy atom. The van der Waals surface area contributed by atoms with Crippen molar-refractivity contribution in [1.82, 2.24) is 19.9 Å². The summed E-state index contributed by atoms with van der Waals surface area (Å²) in [6, 6.07) is 15.9. The van der Waals surface area contributed by atoms with Gasteiger partial charge in [-0.25, -0.2) is 9.97 Å². The summed E-state index contributed by atoms with van der Waals surface area (Å²) in [6.07, 6.45) is 12.5. The molecule has 0 atom stereocenters. The van der Waals surface area contributed by atoms with Crippen molar-refractivity contribution < 1.29 is 0 Å². The van der Waals surface area contributed by atoms with Crippen LogP contribution in [0.3, 0.4) is 0 Å². The fourth-order valence-electron chi connectivity index (χ4n) is 4.12. The molecule has 0 radical (unpaired) electrons. The van der Waals surface area contributed by atoms with Crippen LogP contribution >= 0.6 is 0 Å². The first-order chi connectivity index (χ1) is 18.9. The zero-order chi connectivity index (χ0) is 27.8. The molecule has 5 heterocycles. The lowest BCUT2D eigenvalue weighted by molar-refractivity contribution is 1.01. The Morgan fingerprint density at radius 3 is 1.67 bits per heavy atom. The molecule has 6 nitrogen and oxygen atoms in total. The second-order valence-electron chi connectivity index (χ2n) is 8.97. The van der Waals surface area contributed by atoms with Gasteiger partial charge in [0.1, 0.15) is 0 Å². The molecule has 0 spiro atoms. The van der Waals surface area contributed by atoms with Crippen LogP contribution in [0.25, 0.3) is 37.5 Å². The Kier molecular flexibility index (Phi) is 8.79. The molecule has 1 aromatic rings. The number of nitrogens with one attached hydrogen (secondary N) is 2. The maximum Gasteiger partial charge on any atom is 0.0659 e. The fourth-order valence-corrected chi connectivity index (χ4v) is 4.12. The van der Waals surface area contributed by atoms with E-state index in [1.807, 2.05) is 93.9 Å². The molecule has 196 valence electrons. The molecule has 0 amide bonds. The van der Waals surface area contributed by atoms with Crippen molar-refractivity contribution in [3.63, 3.8) is 0 Å². The average molecular weight is 515 g/mol. The van der Waals surface area contributed by atoms with Crippen LogP contribution in [0.2, 0.25) is 0 Å². The molecular formula is C33H34N6. The van der Waals surface area contributed by atoms with Gasteiger partial charge in [0.05, 0.1) is 34.2 Å². The molecule has 4 aliphatic heterocycles. The summed E-state index contributed by atoms with van der Waals surface area (Å²) in [5, 5.41) is 1.41. The van der Waals surface area contributed by atoms with Crippen LogP contribution in [-0.4, -0.2) is 32.4 Å². The predicted molar refractivity (Wildman–Crippen MR) is 167 cm³/mol. The van der Waals surface area contributed by atoms with Crippen LogP contribution in [-0.2, 0) is 6.42 Å². The Hall–Kier alpha value is -4.84. The third-order valence-corrected chi connectivity index (χ3v) is 5.74. The molecule has 0 unspecified atom stereocenters. The highest BCUT2D eigenvalue weighted by atomic mass is 14.8. The number of aliphatic imine (C=N–C) groups is 2. The Bertz CT molecular complexity index is 1710. The topological polar surface area (TPSA) is 82.1 Å². The second kappa shape index (κ2) is 12.6. The number of aryl methyl sites for hydroxylation is 2. The summed E-state index contributed by atoms with van der Waals surface area (Å²) >= 11 is 0. The fraction of sp³-hybridized carbons (Fsp3) is 0.152. The minimum atomic E-state index is 0.696. The lowest BCUT2D eigenvalue weighted by Crippen LogP contribution is -2.13. The normalized spacial score (nSPS) is 12.0. The summed E-state index contributed by atoms with van der Waals surface area (Å²) in [4.78, 5) is 25.1. The van der Waals surface area contributed by atoms with Gasteiger partial charge >= 0.3 is 0 Å². The van der Waals surface area contributed by atoms with Crippen LogP contribution in [0, 0.1) is 6.92 Å². The minimum Gasteiger partial charge on any atom is -0.362 e. The maximum absolute atomic E-state index is 4.73.